The number of nitrogens with one attached hydrogen (secondary N) is 1. The van der Waals surface area contributed by atoms with E-state index in [9.17, 15) is 22.0 Å². The number of nitrogens with zero attached hydrogens (tertiary/aromatic N) is 1. The number of pyridine rings is 1. The molecule has 1 aliphatic rings. The SMILES string of the molecule is Fc1cc(Cl)ccc1COc1nc(C2CCNCC2)ccc1F.O=C(O)C(F)(F)F. The van der Waals surface area contributed by atoms with Crippen molar-refractivity contribution in [3.8, 4) is 5.88 Å². The lowest BCUT2D eigenvalue weighted by atomic mass is 9.94. The summed E-state index contributed by atoms with van der Waals surface area (Å²) in [7, 11) is 0. The van der Waals surface area contributed by atoms with Gasteiger partial charge in [0.05, 0.1) is 0 Å². The predicted molar refractivity (Wildman–Crippen MR) is 98.5 cm³/mol. The zero-order valence-electron chi connectivity index (χ0n) is 15.5. The predicted octanol–water partition coefficient (Wildman–Crippen LogP) is 4.69. The van der Waals surface area contributed by atoms with Crippen LogP contribution in [-0.4, -0.2) is 35.3 Å². The van der Waals surface area contributed by atoms with Crippen LogP contribution in [0.15, 0.2) is 30.3 Å². The molecule has 0 unspecified atom stereocenters. The van der Waals surface area contributed by atoms with Crippen LogP contribution >= 0.6 is 11.6 Å². The van der Waals surface area contributed by atoms with Crippen molar-refractivity contribution in [1.29, 1.82) is 0 Å². The Morgan fingerprint density at radius 2 is 1.80 bits per heavy atom. The van der Waals surface area contributed by atoms with Gasteiger partial charge >= 0.3 is 12.1 Å². The quantitative estimate of drug-likeness (QED) is 0.658. The highest BCUT2D eigenvalue weighted by atomic mass is 35.5. The van der Waals surface area contributed by atoms with Crippen LogP contribution in [0.1, 0.15) is 30.0 Å². The maximum atomic E-state index is 13.9. The molecule has 2 heterocycles. The van der Waals surface area contributed by atoms with Crippen molar-refractivity contribution in [2.75, 3.05) is 13.1 Å². The van der Waals surface area contributed by atoms with Gasteiger partial charge in [-0.25, -0.2) is 18.6 Å². The number of hydrogen-bond acceptors (Lipinski definition) is 4. The lowest BCUT2D eigenvalue weighted by molar-refractivity contribution is -0.192. The molecule has 5 nitrogen and oxygen atoms in total. The minimum Gasteiger partial charge on any atom is -0.475 e. The third-order valence-corrected chi connectivity index (χ3v) is 4.45. The van der Waals surface area contributed by atoms with E-state index < -0.39 is 23.8 Å². The summed E-state index contributed by atoms with van der Waals surface area (Å²) < 4.78 is 64.8. The van der Waals surface area contributed by atoms with E-state index in [4.69, 9.17) is 26.2 Å². The number of carboxylic acids is 1. The topological polar surface area (TPSA) is 71.5 Å². The Labute approximate surface area is 173 Å². The summed E-state index contributed by atoms with van der Waals surface area (Å²) in [5.41, 5.74) is 1.13. The molecule has 0 radical (unpaired) electrons. The molecule has 1 saturated heterocycles. The molecule has 0 atom stereocenters. The zero-order valence-corrected chi connectivity index (χ0v) is 16.2. The molecule has 0 bridgehead atoms. The van der Waals surface area contributed by atoms with Gasteiger partial charge in [0.25, 0.3) is 5.88 Å². The Morgan fingerprint density at radius 3 is 2.37 bits per heavy atom. The molecule has 2 N–H and O–H groups in total. The van der Waals surface area contributed by atoms with Gasteiger partial charge in [-0.2, -0.15) is 13.2 Å². The second-order valence-electron chi connectivity index (χ2n) is 6.37. The standard InChI is InChI=1S/C17H17ClF2N2O.C2HF3O2/c18-13-2-1-12(15(20)9-13)10-23-17-14(19)3-4-16(22-17)11-5-7-21-8-6-11;3-2(4,5)1(6)7/h1-4,9,11,21H,5-8,10H2;(H,6,7). The fourth-order valence-corrected chi connectivity index (χ4v) is 2.83. The molecule has 30 heavy (non-hydrogen) atoms. The van der Waals surface area contributed by atoms with E-state index in [1.807, 2.05) is 0 Å². The molecular weight excluding hydrogens is 435 g/mol. The summed E-state index contributed by atoms with van der Waals surface area (Å²) in [6.07, 6.45) is -3.16. The molecule has 2 aromatic rings. The van der Waals surface area contributed by atoms with Gasteiger partial charge in [-0.05, 0) is 50.2 Å². The largest absolute Gasteiger partial charge is 0.490 e. The van der Waals surface area contributed by atoms with E-state index in [1.165, 1.54) is 18.2 Å². The van der Waals surface area contributed by atoms with Crippen LogP contribution in [0.5, 0.6) is 5.88 Å². The summed E-state index contributed by atoms with van der Waals surface area (Å²) in [4.78, 5) is 13.2. The molecule has 1 aliphatic heterocycles. The molecular formula is C19H18ClF5N2O3. The Kier molecular flexibility index (Phi) is 8.36. The van der Waals surface area contributed by atoms with Crippen molar-refractivity contribution >= 4 is 17.6 Å². The van der Waals surface area contributed by atoms with Crippen LogP contribution in [-0.2, 0) is 11.4 Å². The number of carbonyl (C=O) groups is 1. The Balaban J connectivity index is 0.000000396. The molecule has 0 aliphatic carbocycles. The second-order valence-corrected chi connectivity index (χ2v) is 6.81. The van der Waals surface area contributed by atoms with Gasteiger partial charge in [0.2, 0.25) is 0 Å². The van der Waals surface area contributed by atoms with E-state index >= 15 is 0 Å². The maximum Gasteiger partial charge on any atom is 0.490 e. The van der Waals surface area contributed by atoms with Gasteiger partial charge in [0.15, 0.2) is 5.82 Å². The highest BCUT2D eigenvalue weighted by Gasteiger charge is 2.38. The van der Waals surface area contributed by atoms with Crippen LogP contribution in [0.4, 0.5) is 22.0 Å². The van der Waals surface area contributed by atoms with Crippen molar-refractivity contribution in [1.82, 2.24) is 10.3 Å². The first-order valence-corrected chi connectivity index (χ1v) is 9.19. The number of aromatic nitrogens is 1. The zero-order chi connectivity index (χ0) is 22.3. The normalized spacial score (nSPS) is 14.6. The smallest absolute Gasteiger partial charge is 0.475 e. The van der Waals surface area contributed by atoms with Gasteiger partial charge in [0, 0.05) is 22.2 Å². The summed E-state index contributed by atoms with van der Waals surface area (Å²) >= 11 is 5.71. The summed E-state index contributed by atoms with van der Waals surface area (Å²) in [5.74, 6) is -3.57. The van der Waals surface area contributed by atoms with Crippen molar-refractivity contribution < 1.29 is 36.6 Å². The van der Waals surface area contributed by atoms with E-state index in [2.05, 4.69) is 10.3 Å². The maximum absolute atomic E-state index is 13.9. The van der Waals surface area contributed by atoms with Gasteiger partial charge in [-0.3, -0.25) is 0 Å². The van der Waals surface area contributed by atoms with Crippen LogP contribution < -0.4 is 10.1 Å². The van der Waals surface area contributed by atoms with Gasteiger partial charge < -0.3 is 15.2 Å². The Hall–Kier alpha value is -2.46. The van der Waals surface area contributed by atoms with Crippen molar-refractivity contribution in [3.63, 3.8) is 0 Å². The van der Waals surface area contributed by atoms with Crippen molar-refractivity contribution in [3.05, 3.63) is 58.2 Å². The van der Waals surface area contributed by atoms with Crippen molar-refractivity contribution in [2.45, 2.75) is 31.5 Å². The van der Waals surface area contributed by atoms with Crippen LogP contribution in [0, 0.1) is 11.6 Å². The molecule has 0 spiro atoms. The van der Waals surface area contributed by atoms with Crippen molar-refractivity contribution in [2.24, 2.45) is 0 Å². The van der Waals surface area contributed by atoms with E-state index in [-0.39, 0.29) is 12.5 Å². The first kappa shape index (κ1) is 23.8. The fourth-order valence-electron chi connectivity index (χ4n) is 2.67. The molecule has 0 amide bonds. The highest BCUT2D eigenvalue weighted by Crippen LogP contribution is 2.27. The van der Waals surface area contributed by atoms with Gasteiger partial charge in [-0.15, -0.1) is 0 Å². The number of benzene rings is 1. The lowest BCUT2D eigenvalue weighted by Gasteiger charge is -2.22. The minimum absolute atomic E-state index is 0.0876. The van der Waals surface area contributed by atoms with Crippen LogP contribution in [0.3, 0.4) is 0 Å². The number of aliphatic carboxylic acids is 1. The van der Waals surface area contributed by atoms with Crippen LogP contribution in [0.2, 0.25) is 5.02 Å². The highest BCUT2D eigenvalue weighted by molar-refractivity contribution is 6.30. The number of piperidine rings is 1. The van der Waals surface area contributed by atoms with E-state index in [0.717, 1.165) is 31.6 Å². The number of ether oxygens (including phenoxy) is 1. The van der Waals surface area contributed by atoms with E-state index in [0.29, 0.717) is 16.5 Å². The first-order valence-electron chi connectivity index (χ1n) is 8.82. The average molecular weight is 453 g/mol. The Morgan fingerprint density at radius 1 is 1.17 bits per heavy atom. The number of rotatable bonds is 4. The Bertz CT molecular complexity index is 874. The number of carboxylic acid groups (broad SMARTS) is 1. The summed E-state index contributed by atoms with van der Waals surface area (Å²) in [5, 5.41) is 10.7. The summed E-state index contributed by atoms with van der Waals surface area (Å²) in [6, 6.07) is 7.35. The summed E-state index contributed by atoms with van der Waals surface area (Å²) in [6.45, 7) is 1.76. The molecule has 164 valence electrons. The first-order chi connectivity index (χ1) is 14.1. The van der Waals surface area contributed by atoms with Gasteiger partial charge in [0.1, 0.15) is 12.4 Å². The third kappa shape index (κ3) is 7.10. The monoisotopic (exact) mass is 452 g/mol. The van der Waals surface area contributed by atoms with E-state index in [1.54, 1.807) is 12.1 Å². The lowest BCUT2D eigenvalue weighted by Crippen LogP contribution is -2.27. The molecule has 0 saturated carbocycles. The third-order valence-electron chi connectivity index (χ3n) is 4.21. The molecule has 1 aromatic heterocycles. The second kappa shape index (κ2) is 10.5. The molecule has 1 aromatic carbocycles. The molecule has 11 heteroatoms. The average Bonchev–Trinajstić information content (AvgIpc) is 2.69. The van der Waals surface area contributed by atoms with Crippen LogP contribution in [0.25, 0.3) is 0 Å². The minimum atomic E-state index is -5.08. The number of halogens is 6. The van der Waals surface area contributed by atoms with Gasteiger partial charge in [-0.1, -0.05) is 17.7 Å². The number of alkyl halides is 3. The number of hydrogen-bond donors (Lipinski definition) is 2. The molecule has 3 rings (SSSR count). The fraction of sp³-hybridized carbons (Fsp3) is 0.368. The molecule has 1 fully saturated rings.